The fourth-order valence-electron chi connectivity index (χ4n) is 2.63. The molecule has 0 bridgehead atoms. The number of hydrogen-bond acceptors (Lipinski definition) is 6. The third-order valence-corrected chi connectivity index (χ3v) is 4.02. The number of allylic oxidation sites excluding steroid dienone is 2. The molecule has 0 saturated heterocycles. The van der Waals surface area contributed by atoms with Gasteiger partial charge in [0.2, 0.25) is 0 Å². The summed E-state index contributed by atoms with van der Waals surface area (Å²) < 4.78 is 12.7. The third kappa shape index (κ3) is 3.88. The normalized spacial score (nSPS) is 10.4. The topological polar surface area (TPSA) is 102 Å². The molecule has 1 heterocycles. The van der Waals surface area contributed by atoms with Gasteiger partial charge < -0.3 is 9.47 Å². The van der Waals surface area contributed by atoms with E-state index in [1.54, 1.807) is 6.07 Å². The summed E-state index contributed by atoms with van der Waals surface area (Å²) in [6, 6.07) is 4.49. The van der Waals surface area contributed by atoms with Crippen LogP contribution in [0.3, 0.4) is 0 Å². The van der Waals surface area contributed by atoms with Gasteiger partial charge in [0.1, 0.15) is 0 Å². The number of ketones is 1. The maximum absolute atomic E-state index is 12.7. The number of carbonyl (C=O) groups excluding carboxylic acids is 1. The first-order chi connectivity index (χ1) is 13.4. The Morgan fingerprint density at radius 3 is 1.86 bits per heavy atom. The van der Waals surface area contributed by atoms with E-state index in [1.165, 1.54) is 38.5 Å². The number of aromatic nitrogens is 3. The Bertz CT molecular complexity index is 1040. The number of rotatable bonds is 9. The zero-order chi connectivity index (χ0) is 20.8. The first-order valence-electron chi connectivity index (χ1n) is 8.31. The highest BCUT2D eigenvalue weighted by Gasteiger charge is 2.18. The molecule has 0 radical (unpaired) electrons. The Kier molecular flexibility index (Phi) is 6.54. The minimum absolute atomic E-state index is 0.0976. The average molecular weight is 387 g/mol. The van der Waals surface area contributed by atoms with Crippen molar-refractivity contribution in [2.75, 3.05) is 14.2 Å². The summed E-state index contributed by atoms with van der Waals surface area (Å²) >= 11 is 0. The fourth-order valence-corrected chi connectivity index (χ4v) is 2.63. The van der Waals surface area contributed by atoms with Gasteiger partial charge >= 0.3 is 17.1 Å². The Morgan fingerprint density at radius 1 is 0.893 bits per heavy atom. The Hall–Kier alpha value is -3.62. The second-order valence-electron chi connectivity index (χ2n) is 5.73. The van der Waals surface area contributed by atoms with Crippen LogP contribution in [0.4, 0.5) is 0 Å². The SMILES string of the molecule is C=CCn1c(=O)n(CC=C)c(=O)n(CC(=O)c2ccc(OC)c(OC)c2)c1=O. The first kappa shape index (κ1) is 20.7. The number of benzene rings is 1. The molecule has 148 valence electrons. The molecule has 28 heavy (non-hydrogen) atoms. The predicted molar refractivity (Wildman–Crippen MR) is 103 cm³/mol. The van der Waals surface area contributed by atoms with Crippen molar-refractivity contribution in [1.29, 1.82) is 0 Å². The molecule has 0 fully saturated rings. The number of Topliss-reactive ketones (excluding diaryl/α,β-unsaturated/α-hetero) is 1. The lowest BCUT2D eigenvalue weighted by atomic mass is 10.1. The number of carbonyl (C=O) groups is 1. The van der Waals surface area contributed by atoms with Crippen molar-refractivity contribution in [2.24, 2.45) is 0 Å². The van der Waals surface area contributed by atoms with Crippen molar-refractivity contribution >= 4 is 5.78 Å². The lowest BCUT2D eigenvalue weighted by molar-refractivity contribution is 0.0966. The second-order valence-corrected chi connectivity index (χ2v) is 5.73. The van der Waals surface area contributed by atoms with Crippen molar-refractivity contribution in [2.45, 2.75) is 19.6 Å². The molecule has 2 aromatic rings. The maximum atomic E-state index is 12.7. The molecule has 0 unspecified atom stereocenters. The number of hydrogen-bond donors (Lipinski definition) is 0. The zero-order valence-electron chi connectivity index (χ0n) is 15.7. The number of nitrogens with zero attached hydrogens (tertiary/aromatic N) is 3. The summed E-state index contributed by atoms with van der Waals surface area (Å²) in [5.41, 5.74) is -2.33. The van der Waals surface area contributed by atoms with Gasteiger partial charge in [0.15, 0.2) is 17.3 Å². The van der Waals surface area contributed by atoms with Gasteiger partial charge in [0.05, 0.1) is 33.9 Å². The molecule has 0 N–H and O–H groups in total. The van der Waals surface area contributed by atoms with Crippen LogP contribution in [0.15, 0.2) is 57.9 Å². The van der Waals surface area contributed by atoms with Gasteiger partial charge in [-0.25, -0.2) is 28.1 Å². The lowest BCUT2D eigenvalue weighted by Crippen LogP contribution is -2.55. The molecule has 9 nitrogen and oxygen atoms in total. The van der Waals surface area contributed by atoms with Gasteiger partial charge in [-0.2, -0.15) is 0 Å². The smallest absolute Gasteiger partial charge is 0.337 e. The van der Waals surface area contributed by atoms with Gasteiger partial charge in [-0.15, -0.1) is 13.2 Å². The summed E-state index contributed by atoms with van der Waals surface area (Å²) in [6.07, 6.45) is 2.71. The van der Waals surface area contributed by atoms with E-state index >= 15 is 0 Å². The van der Waals surface area contributed by atoms with E-state index in [0.29, 0.717) is 16.1 Å². The molecular weight excluding hydrogens is 366 g/mol. The third-order valence-electron chi connectivity index (χ3n) is 4.02. The van der Waals surface area contributed by atoms with Crippen molar-refractivity contribution in [3.8, 4) is 11.5 Å². The molecular formula is C19H21N3O6. The highest BCUT2D eigenvalue weighted by Crippen LogP contribution is 2.27. The minimum atomic E-state index is -0.885. The van der Waals surface area contributed by atoms with Crippen LogP contribution in [0, 0.1) is 0 Å². The van der Waals surface area contributed by atoms with Gasteiger partial charge in [-0.05, 0) is 18.2 Å². The van der Waals surface area contributed by atoms with Crippen molar-refractivity contribution in [3.63, 3.8) is 0 Å². The Labute approximate surface area is 160 Å². The van der Waals surface area contributed by atoms with Crippen LogP contribution >= 0.6 is 0 Å². The quantitative estimate of drug-likeness (QED) is 0.457. The Balaban J connectivity index is 2.56. The van der Waals surface area contributed by atoms with Gasteiger partial charge in [0.25, 0.3) is 0 Å². The average Bonchev–Trinajstić information content (AvgIpc) is 2.71. The summed E-state index contributed by atoms with van der Waals surface area (Å²) in [5, 5.41) is 0. The van der Waals surface area contributed by atoms with Crippen molar-refractivity contribution < 1.29 is 14.3 Å². The number of ether oxygens (including phenoxy) is 2. The summed E-state index contributed by atoms with van der Waals surface area (Å²) in [7, 11) is 2.89. The highest BCUT2D eigenvalue weighted by molar-refractivity contribution is 5.96. The Morgan fingerprint density at radius 2 is 1.39 bits per heavy atom. The van der Waals surface area contributed by atoms with Gasteiger partial charge in [-0.3, -0.25) is 4.79 Å². The van der Waals surface area contributed by atoms with Crippen LogP contribution in [0.25, 0.3) is 0 Å². The van der Waals surface area contributed by atoms with Crippen LogP contribution in [0.5, 0.6) is 11.5 Å². The molecule has 0 amide bonds. The van der Waals surface area contributed by atoms with Crippen molar-refractivity contribution in [1.82, 2.24) is 13.7 Å². The van der Waals surface area contributed by atoms with Gasteiger partial charge in [-0.1, -0.05) is 12.2 Å². The largest absolute Gasteiger partial charge is 0.493 e. The fraction of sp³-hybridized carbons (Fsp3) is 0.263. The van der Waals surface area contributed by atoms with E-state index in [4.69, 9.17) is 9.47 Å². The van der Waals surface area contributed by atoms with Crippen LogP contribution in [0.2, 0.25) is 0 Å². The van der Waals surface area contributed by atoms with E-state index in [-0.39, 0.29) is 18.7 Å². The molecule has 0 aliphatic heterocycles. The lowest BCUT2D eigenvalue weighted by Gasteiger charge is -2.12. The van der Waals surface area contributed by atoms with E-state index in [1.807, 2.05) is 0 Å². The second kappa shape index (κ2) is 8.85. The molecule has 0 saturated carbocycles. The molecule has 1 aromatic heterocycles. The minimum Gasteiger partial charge on any atom is -0.493 e. The van der Waals surface area contributed by atoms with Gasteiger partial charge in [0, 0.05) is 5.56 Å². The van der Waals surface area contributed by atoms with Crippen LogP contribution in [-0.2, 0) is 19.6 Å². The summed E-state index contributed by atoms with van der Waals surface area (Å²) in [6.45, 7) is 6.27. The van der Waals surface area contributed by atoms with E-state index in [0.717, 1.165) is 9.13 Å². The van der Waals surface area contributed by atoms with Crippen LogP contribution in [0.1, 0.15) is 10.4 Å². The highest BCUT2D eigenvalue weighted by atomic mass is 16.5. The van der Waals surface area contributed by atoms with E-state index < -0.39 is 29.4 Å². The zero-order valence-corrected chi connectivity index (χ0v) is 15.7. The monoisotopic (exact) mass is 387 g/mol. The molecule has 9 heteroatoms. The maximum Gasteiger partial charge on any atom is 0.337 e. The summed E-state index contributed by atoms with van der Waals surface area (Å²) in [5.74, 6) is 0.264. The molecule has 0 aliphatic carbocycles. The molecule has 0 atom stereocenters. The molecule has 0 spiro atoms. The summed E-state index contributed by atoms with van der Waals surface area (Å²) in [4.78, 5) is 50.2. The van der Waals surface area contributed by atoms with Crippen LogP contribution in [-0.4, -0.2) is 33.7 Å². The molecule has 0 aliphatic rings. The molecule has 2 rings (SSSR count). The predicted octanol–water partition coefficient (Wildman–Crippen LogP) is 0.444. The number of methoxy groups -OCH3 is 2. The van der Waals surface area contributed by atoms with E-state index in [2.05, 4.69) is 13.2 Å². The molecule has 1 aromatic carbocycles. The van der Waals surface area contributed by atoms with E-state index in [9.17, 15) is 19.2 Å². The van der Waals surface area contributed by atoms with Crippen molar-refractivity contribution in [3.05, 3.63) is 80.5 Å². The standard InChI is InChI=1S/C19H21N3O6/c1-5-9-20-17(24)21(10-6-2)19(26)22(18(20)25)12-14(23)13-7-8-15(27-3)16(11-13)28-4/h5-8,11H,1-2,9-10,12H2,3-4H3. The first-order valence-corrected chi connectivity index (χ1v) is 8.31. The van der Waals surface area contributed by atoms with Crippen LogP contribution < -0.4 is 26.5 Å².